The van der Waals surface area contributed by atoms with E-state index in [9.17, 15) is 0 Å². The Kier molecular flexibility index (Phi) is 10.2. The molecule has 24 heavy (non-hydrogen) atoms. The average molecular weight is 362 g/mol. The lowest BCUT2D eigenvalue weighted by atomic mass is 10.1. The van der Waals surface area contributed by atoms with Gasteiger partial charge in [0.1, 0.15) is 0 Å². The van der Waals surface area contributed by atoms with Gasteiger partial charge in [0.15, 0.2) is 0 Å². The van der Waals surface area contributed by atoms with Crippen LogP contribution in [0.1, 0.15) is 69.5 Å². The van der Waals surface area contributed by atoms with E-state index in [1.807, 2.05) is 27.8 Å². The summed E-state index contributed by atoms with van der Waals surface area (Å²) < 4.78 is 0. The second kappa shape index (κ2) is 12.5. The summed E-state index contributed by atoms with van der Waals surface area (Å²) in [5.41, 5.74) is 2.71. The first-order valence-electron chi connectivity index (χ1n) is 9.40. The Morgan fingerprint density at radius 3 is 2.33 bits per heavy atom. The molecule has 2 aromatic rings. The third-order valence-electron chi connectivity index (χ3n) is 4.25. The van der Waals surface area contributed by atoms with Crippen LogP contribution in [0.15, 0.2) is 47.5 Å². The minimum absolute atomic E-state index is 0.995. The number of hydrogen-bond acceptors (Lipinski definition) is 2. The standard InChI is InChI=1S/C21H31NS2/c1-2-3-4-5-6-7-8-11-17-23-24-21-15-10-9-13-19(21)18-20-14-12-16-22-20/h9-10,12-16,22H,2-8,11,17-18H2,1H3. The van der Waals surface area contributed by atoms with Crippen molar-refractivity contribution in [2.45, 2.75) is 69.6 Å². The minimum atomic E-state index is 0.995. The molecule has 0 radical (unpaired) electrons. The molecule has 0 aliphatic rings. The number of benzene rings is 1. The molecule has 0 saturated heterocycles. The second-order valence-electron chi connectivity index (χ2n) is 6.36. The van der Waals surface area contributed by atoms with E-state index in [4.69, 9.17) is 0 Å². The molecule has 1 heterocycles. The van der Waals surface area contributed by atoms with Gasteiger partial charge in [0.25, 0.3) is 0 Å². The van der Waals surface area contributed by atoms with E-state index in [0.717, 1.165) is 6.42 Å². The largest absolute Gasteiger partial charge is 0.365 e. The predicted molar refractivity (Wildman–Crippen MR) is 111 cm³/mol. The van der Waals surface area contributed by atoms with Gasteiger partial charge in [0, 0.05) is 29.0 Å². The zero-order valence-corrected chi connectivity index (χ0v) is 16.6. The van der Waals surface area contributed by atoms with E-state index in [-0.39, 0.29) is 0 Å². The predicted octanol–water partition coefficient (Wildman–Crippen LogP) is 7.49. The van der Waals surface area contributed by atoms with Gasteiger partial charge in [-0.2, -0.15) is 0 Å². The van der Waals surface area contributed by atoms with Gasteiger partial charge in [-0.3, -0.25) is 0 Å². The van der Waals surface area contributed by atoms with Crippen LogP contribution in [-0.2, 0) is 6.42 Å². The van der Waals surface area contributed by atoms with Crippen molar-refractivity contribution in [3.05, 3.63) is 53.9 Å². The highest BCUT2D eigenvalue weighted by Crippen LogP contribution is 2.35. The van der Waals surface area contributed by atoms with Gasteiger partial charge >= 0.3 is 0 Å². The van der Waals surface area contributed by atoms with E-state index in [1.165, 1.54) is 73.3 Å². The molecule has 1 nitrogen and oxygen atoms in total. The summed E-state index contributed by atoms with van der Waals surface area (Å²) in [7, 11) is 3.96. The number of H-pyrrole nitrogens is 1. The van der Waals surface area contributed by atoms with Crippen LogP contribution in [0.5, 0.6) is 0 Å². The van der Waals surface area contributed by atoms with Gasteiger partial charge in [-0.05, 0) is 30.2 Å². The summed E-state index contributed by atoms with van der Waals surface area (Å²) in [6, 6.07) is 13.0. The zero-order chi connectivity index (χ0) is 16.9. The lowest BCUT2D eigenvalue weighted by molar-refractivity contribution is 0.586. The van der Waals surface area contributed by atoms with Crippen LogP contribution < -0.4 is 0 Å². The van der Waals surface area contributed by atoms with Crippen molar-refractivity contribution in [2.75, 3.05) is 5.75 Å². The lowest BCUT2D eigenvalue weighted by Gasteiger charge is -2.08. The van der Waals surface area contributed by atoms with Gasteiger partial charge in [0.05, 0.1) is 0 Å². The van der Waals surface area contributed by atoms with Crippen LogP contribution in [0, 0.1) is 0 Å². The van der Waals surface area contributed by atoms with Gasteiger partial charge < -0.3 is 4.98 Å². The van der Waals surface area contributed by atoms with Gasteiger partial charge in [-0.1, -0.05) is 91.7 Å². The molecule has 3 heteroatoms. The molecular formula is C21H31NS2. The van der Waals surface area contributed by atoms with E-state index in [0.29, 0.717) is 0 Å². The van der Waals surface area contributed by atoms with Crippen LogP contribution in [0.25, 0.3) is 0 Å². The Bertz CT molecular complexity index is 537. The Hall–Kier alpha value is -0.800. The molecule has 0 unspecified atom stereocenters. The van der Waals surface area contributed by atoms with E-state index in [2.05, 4.69) is 48.3 Å². The van der Waals surface area contributed by atoms with Gasteiger partial charge in [0.2, 0.25) is 0 Å². The Morgan fingerprint density at radius 1 is 0.833 bits per heavy atom. The van der Waals surface area contributed by atoms with Crippen molar-refractivity contribution < 1.29 is 0 Å². The Balaban J connectivity index is 1.59. The fraction of sp³-hybridized carbons (Fsp3) is 0.524. The molecule has 2 rings (SSSR count). The summed E-state index contributed by atoms with van der Waals surface area (Å²) in [4.78, 5) is 4.72. The Morgan fingerprint density at radius 2 is 1.58 bits per heavy atom. The van der Waals surface area contributed by atoms with Crippen molar-refractivity contribution >= 4 is 21.6 Å². The maximum absolute atomic E-state index is 3.31. The molecule has 132 valence electrons. The van der Waals surface area contributed by atoms with Crippen molar-refractivity contribution in [1.82, 2.24) is 4.98 Å². The molecule has 0 saturated carbocycles. The van der Waals surface area contributed by atoms with Crippen LogP contribution in [0.2, 0.25) is 0 Å². The smallest absolute Gasteiger partial charge is 0.0218 e. The van der Waals surface area contributed by atoms with Crippen molar-refractivity contribution in [1.29, 1.82) is 0 Å². The molecule has 0 atom stereocenters. The summed E-state index contributed by atoms with van der Waals surface area (Å²) in [5, 5.41) is 0. The minimum Gasteiger partial charge on any atom is -0.365 e. The summed E-state index contributed by atoms with van der Waals surface area (Å²) in [5.74, 6) is 1.26. The molecule has 1 aromatic heterocycles. The number of hydrogen-bond donors (Lipinski definition) is 1. The highest BCUT2D eigenvalue weighted by molar-refractivity contribution is 8.76. The molecular weight excluding hydrogens is 330 g/mol. The first kappa shape index (κ1) is 19.5. The monoisotopic (exact) mass is 361 g/mol. The van der Waals surface area contributed by atoms with Crippen LogP contribution in [0.4, 0.5) is 0 Å². The Labute approximate surface area is 155 Å². The molecule has 0 aliphatic heterocycles. The number of nitrogens with one attached hydrogen (secondary N) is 1. The number of aromatic amines is 1. The zero-order valence-electron chi connectivity index (χ0n) is 14.9. The molecule has 0 fully saturated rings. The molecule has 0 bridgehead atoms. The lowest BCUT2D eigenvalue weighted by Crippen LogP contribution is -1.90. The van der Waals surface area contributed by atoms with E-state index in [1.54, 1.807) is 0 Å². The summed E-state index contributed by atoms with van der Waals surface area (Å²) in [6.45, 7) is 2.28. The molecule has 0 aliphatic carbocycles. The van der Waals surface area contributed by atoms with E-state index < -0.39 is 0 Å². The van der Waals surface area contributed by atoms with E-state index >= 15 is 0 Å². The molecule has 1 N–H and O–H groups in total. The highest BCUT2D eigenvalue weighted by atomic mass is 33.1. The average Bonchev–Trinajstić information content (AvgIpc) is 3.11. The maximum atomic E-state index is 3.31. The van der Waals surface area contributed by atoms with Crippen LogP contribution in [-0.4, -0.2) is 10.7 Å². The van der Waals surface area contributed by atoms with Gasteiger partial charge in [-0.15, -0.1) is 0 Å². The molecule has 0 spiro atoms. The SMILES string of the molecule is CCCCCCCCCCSSc1ccccc1Cc1ccc[nH]1. The van der Waals surface area contributed by atoms with Crippen molar-refractivity contribution in [3.8, 4) is 0 Å². The van der Waals surface area contributed by atoms with Gasteiger partial charge in [-0.25, -0.2) is 0 Å². The number of unbranched alkanes of at least 4 members (excludes halogenated alkanes) is 7. The van der Waals surface area contributed by atoms with Crippen molar-refractivity contribution in [2.24, 2.45) is 0 Å². The molecule has 1 aromatic carbocycles. The summed E-state index contributed by atoms with van der Waals surface area (Å²) >= 11 is 0. The third kappa shape index (κ3) is 7.85. The number of aromatic nitrogens is 1. The topological polar surface area (TPSA) is 15.8 Å². The maximum Gasteiger partial charge on any atom is 0.0218 e. The van der Waals surface area contributed by atoms with Crippen LogP contribution in [0.3, 0.4) is 0 Å². The number of rotatable bonds is 13. The van der Waals surface area contributed by atoms with Crippen LogP contribution >= 0.6 is 21.6 Å². The highest BCUT2D eigenvalue weighted by Gasteiger charge is 2.04. The first-order chi connectivity index (χ1) is 11.9. The van der Waals surface area contributed by atoms with Crippen molar-refractivity contribution in [3.63, 3.8) is 0 Å². The third-order valence-corrected chi connectivity index (χ3v) is 6.79. The fourth-order valence-corrected chi connectivity index (χ4v) is 5.20. The normalized spacial score (nSPS) is 11.0. The fourth-order valence-electron chi connectivity index (χ4n) is 2.81. The quantitative estimate of drug-likeness (QED) is 0.294. The second-order valence-corrected chi connectivity index (χ2v) is 8.82. The molecule has 0 amide bonds. The summed E-state index contributed by atoms with van der Waals surface area (Å²) in [6.07, 6.45) is 14.2. The first-order valence-corrected chi connectivity index (χ1v) is 11.7.